The van der Waals surface area contributed by atoms with E-state index in [2.05, 4.69) is 20.4 Å². The number of carbonyl (C=O) groups is 1. The van der Waals surface area contributed by atoms with E-state index >= 15 is 0 Å². The van der Waals surface area contributed by atoms with Gasteiger partial charge in [0.15, 0.2) is 11.2 Å². The highest BCUT2D eigenvalue weighted by molar-refractivity contribution is 5.86. The van der Waals surface area contributed by atoms with E-state index in [0.717, 1.165) is 12.3 Å². The van der Waals surface area contributed by atoms with Crippen molar-refractivity contribution in [2.75, 3.05) is 7.11 Å². The molecule has 0 saturated heterocycles. The molecule has 0 radical (unpaired) electrons. The first kappa shape index (κ1) is 23.8. The molecule has 36 heavy (non-hydrogen) atoms. The van der Waals surface area contributed by atoms with Crippen molar-refractivity contribution < 1.29 is 32.2 Å². The molecule has 1 aliphatic rings. The molecule has 8 nitrogen and oxygen atoms in total. The maximum Gasteiger partial charge on any atom is 0.433 e. The average Bonchev–Trinajstić information content (AvgIpc) is 3.42. The predicted octanol–water partition coefficient (Wildman–Crippen LogP) is 3.16. The highest BCUT2D eigenvalue weighted by Crippen LogP contribution is 2.38. The molecule has 0 fully saturated rings. The number of halogens is 4. The maximum absolute atomic E-state index is 13.9. The number of methoxy groups -OCH3 is 1. The van der Waals surface area contributed by atoms with E-state index < -0.39 is 35.8 Å². The number of ether oxygens (including phenoxy) is 1. The van der Waals surface area contributed by atoms with Gasteiger partial charge in [-0.1, -0.05) is 18.2 Å². The number of hydrogen-bond donors (Lipinski definition) is 2. The summed E-state index contributed by atoms with van der Waals surface area (Å²) in [5.41, 5.74) is -0.138. The van der Waals surface area contributed by atoms with Crippen LogP contribution < -0.4 is 5.32 Å². The monoisotopic (exact) mass is 501 g/mol. The second-order valence-electron chi connectivity index (χ2n) is 8.33. The number of alkyl halides is 3. The van der Waals surface area contributed by atoms with Crippen LogP contribution in [0.5, 0.6) is 0 Å². The molecule has 186 valence electrons. The van der Waals surface area contributed by atoms with E-state index in [1.54, 1.807) is 6.07 Å². The molecular formula is C24H19F4N5O3. The summed E-state index contributed by atoms with van der Waals surface area (Å²) < 4.78 is 59.4. The first-order valence-corrected chi connectivity index (χ1v) is 10.8. The molecule has 1 atom stereocenters. The molecule has 12 heteroatoms. The van der Waals surface area contributed by atoms with Crippen molar-refractivity contribution in [2.24, 2.45) is 0 Å². The molecular weight excluding hydrogens is 482 g/mol. The quantitative estimate of drug-likeness (QED) is 0.320. The summed E-state index contributed by atoms with van der Waals surface area (Å²) in [5, 5.41) is 17.6. The van der Waals surface area contributed by atoms with Crippen LogP contribution in [-0.2, 0) is 40.8 Å². The summed E-state index contributed by atoms with van der Waals surface area (Å²) >= 11 is 0. The Morgan fingerprint density at radius 3 is 2.67 bits per heavy atom. The van der Waals surface area contributed by atoms with Crippen LogP contribution in [0.4, 0.5) is 17.6 Å². The van der Waals surface area contributed by atoms with Crippen LogP contribution in [0.15, 0.2) is 48.8 Å². The molecule has 0 amide bonds. The van der Waals surface area contributed by atoms with Gasteiger partial charge in [-0.05, 0) is 23.8 Å². The fourth-order valence-electron chi connectivity index (χ4n) is 4.61. The molecule has 4 aromatic rings. The summed E-state index contributed by atoms with van der Waals surface area (Å²) in [7, 11) is 1.23. The number of pyridine rings is 1. The number of esters is 1. The molecule has 3 aromatic heterocycles. The zero-order valence-electron chi connectivity index (χ0n) is 18.8. The zero-order chi connectivity index (χ0) is 25.7. The van der Waals surface area contributed by atoms with Crippen molar-refractivity contribution in [1.82, 2.24) is 24.9 Å². The Labute approximate surface area is 201 Å². The Morgan fingerprint density at radius 2 is 2.03 bits per heavy atom. The molecule has 0 saturated carbocycles. The van der Waals surface area contributed by atoms with Crippen LogP contribution in [0.25, 0.3) is 16.8 Å². The van der Waals surface area contributed by atoms with E-state index in [4.69, 9.17) is 4.74 Å². The van der Waals surface area contributed by atoms with Crippen molar-refractivity contribution >= 4 is 11.6 Å². The third-order valence-electron chi connectivity index (χ3n) is 6.16. The number of aliphatic hydroxyl groups is 1. The van der Waals surface area contributed by atoms with E-state index in [1.165, 1.54) is 42.1 Å². The van der Waals surface area contributed by atoms with Gasteiger partial charge in [0.25, 0.3) is 0 Å². The van der Waals surface area contributed by atoms with Crippen molar-refractivity contribution in [3.63, 3.8) is 0 Å². The van der Waals surface area contributed by atoms with Crippen molar-refractivity contribution in [3.05, 3.63) is 82.8 Å². The van der Waals surface area contributed by atoms with Crippen LogP contribution >= 0.6 is 0 Å². The van der Waals surface area contributed by atoms with Crippen molar-refractivity contribution in [3.8, 4) is 11.1 Å². The molecule has 0 bridgehead atoms. The van der Waals surface area contributed by atoms with E-state index in [9.17, 15) is 27.5 Å². The van der Waals surface area contributed by atoms with Crippen LogP contribution in [0.1, 0.15) is 28.2 Å². The SMILES string of the molecule is COC(=O)[C@@]1(Cc2cccc(F)c2)NCc2cnc3c(-c4ccc(C(F)(F)F)nc4)c(CO)nn3c21. The molecule has 4 heterocycles. The smallest absolute Gasteiger partial charge is 0.433 e. The molecule has 0 aliphatic carbocycles. The lowest BCUT2D eigenvalue weighted by atomic mass is 9.88. The van der Waals surface area contributed by atoms with Gasteiger partial charge in [-0.25, -0.2) is 18.7 Å². The third kappa shape index (κ3) is 3.78. The number of aromatic nitrogens is 4. The Balaban J connectivity index is 1.71. The second kappa shape index (κ2) is 8.64. The fourth-order valence-corrected chi connectivity index (χ4v) is 4.61. The Hall–Kier alpha value is -3.90. The maximum atomic E-state index is 13.9. The number of nitrogens with one attached hydrogen (secondary N) is 1. The van der Waals surface area contributed by atoms with Gasteiger partial charge < -0.3 is 9.84 Å². The van der Waals surface area contributed by atoms with E-state index in [1.807, 2.05) is 0 Å². The van der Waals surface area contributed by atoms with E-state index in [-0.39, 0.29) is 35.4 Å². The van der Waals surface area contributed by atoms with Gasteiger partial charge >= 0.3 is 12.1 Å². The zero-order valence-corrected chi connectivity index (χ0v) is 18.8. The van der Waals surface area contributed by atoms with Gasteiger partial charge in [0.1, 0.15) is 11.5 Å². The van der Waals surface area contributed by atoms with Gasteiger partial charge in [-0.3, -0.25) is 10.3 Å². The fraction of sp³-hybridized carbons (Fsp3) is 0.250. The number of hydrogen-bond acceptors (Lipinski definition) is 7. The first-order chi connectivity index (χ1) is 17.2. The number of rotatable bonds is 5. The number of fused-ring (bicyclic) bond motifs is 3. The lowest BCUT2D eigenvalue weighted by Gasteiger charge is -2.28. The molecule has 2 N–H and O–H groups in total. The highest BCUT2D eigenvalue weighted by atomic mass is 19.4. The third-order valence-corrected chi connectivity index (χ3v) is 6.16. The van der Waals surface area contributed by atoms with Gasteiger partial charge in [-0.15, -0.1) is 0 Å². The Bertz CT molecular complexity index is 1470. The summed E-state index contributed by atoms with van der Waals surface area (Å²) in [6, 6.07) is 7.85. The molecule has 0 unspecified atom stereocenters. The predicted molar refractivity (Wildman–Crippen MR) is 118 cm³/mol. The number of benzene rings is 1. The van der Waals surface area contributed by atoms with Gasteiger partial charge in [0, 0.05) is 36.5 Å². The minimum Gasteiger partial charge on any atom is -0.467 e. The molecule has 1 aliphatic heterocycles. The summed E-state index contributed by atoms with van der Waals surface area (Å²) in [6.45, 7) is -0.314. The van der Waals surface area contributed by atoms with Crippen LogP contribution in [-0.4, -0.2) is 37.8 Å². The van der Waals surface area contributed by atoms with Gasteiger partial charge in [0.05, 0.1) is 30.7 Å². The second-order valence-corrected chi connectivity index (χ2v) is 8.33. The lowest BCUT2D eigenvalue weighted by molar-refractivity contribution is -0.149. The average molecular weight is 501 g/mol. The minimum atomic E-state index is -4.61. The Kier molecular flexibility index (Phi) is 5.72. The standard InChI is InChI=1S/C24H19F4N5O3/c1-36-22(35)23(8-13-3-2-4-16(25)7-13)20-15(11-31-23)10-30-21-19(17(12-34)32-33(20)21)14-5-6-18(29-9-14)24(26,27)28/h2-7,9-10,31,34H,8,11-12H2,1H3/t23-/m0/s1. The number of nitrogens with zero attached hydrogens (tertiary/aromatic N) is 4. The summed E-state index contributed by atoms with van der Waals surface area (Å²) in [5.74, 6) is -1.11. The molecule has 1 aromatic carbocycles. The van der Waals surface area contributed by atoms with Crippen molar-refractivity contribution in [2.45, 2.75) is 31.3 Å². The largest absolute Gasteiger partial charge is 0.467 e. The minimum absolute atomic E-state index is 0.0229. The van der Waals surface area contributed by atoms with Gasteiger partial charge in [-0.2, -0.15) is 18.3 Å². The van der Waals surface area contributed by atoms with Crippen LogP contribution in [0, 0.1) is 5.82 Å². The normalized spacial score (nSPS) is 17.4. The molecule has 5 rings (SSSR count). The first-order valence-electron chi connectivity index (χ1n) is 10.8. The summed E-state index contributed by atoms with van der Waals surface area (Å²) in [6.07, 6.45) is -2.03. The summed E-state index contributed by atoms with van der Waals surface area (Å²) in [4.78, 5) is 21.1. The molecule has 0 spiro atoms. The topological polar surface area (TPSA) is 102 Å². The number of carbonyl (C=O) groups excluding carboxylic acids is 1. The number of aliphatic hydroxyl groups excluding tert-OH is 1. The van der Waals surface area contributed by atoms with E-state index in [0.29, 0.717) is 16.8 Å². The van der Waals surface area contributed by atoms with Crippen molar-refractivity contribution in [1.29, 1.82) is 0 Å². The highest BCUT2D eigenvalue weighted by Gasteiger charge is 2.49. The van der Waals surface area contributed by atoms with Crippen LogP contribution in [0.2, 0.25) is 0 Å². The Morgan fingerprint density at radius 1 is 1.22 bits per heavy atom. The lowest BCUT2D eigenvalue weighted by Crippen LogP contribution is -2.48. The van der Waals surface area contributed by atoms with Gasteiger partial charge in [0.2, 0.25) is 0 Å². The van der Waals surface area contributed by atoms with Crippen LogP contribution in [0.3, 0.4) is 0 Å².